The van der Waals surface area contributed by atoms with Gasteiger partial charge in [0.2, 0.25) is 0 Å². The van der Waals surface area contributed by atoms with Crippen molar-refractivity contribution in [1.29, 1.82) is 0 Å². The van der Waals surface area contributed by atoms with Crippen molar-refractivity contribution in [2.45, 2.75) is 39.2 Å². The SMILES string of the molecule is CC[C@H](C)[C@H](NC(=O)Oc1c(F)cc(-c2nc(-c3ccc(N4CCCC4)cc3)ns2)cc1C=O)C(=O)O. The third-order valence-electron chi connectivity index (χ3n) is 6.42. The van der Waals surface area contributed by atoms with Crippen LogP contribution in [0.25, 0.3) is 22.0 Å². The number of halogens is 1. The molecule has 2 aromatic carbocycles. The number of hydrogen-bond acceptors (Lipinski definition) is 8. The fraction of sp³-hybridized carbons (Fsp3) is 0.346. The molecule has 1 fully saturated rings. The number of nitrogens with one attached hydrogen (secondary N) is 1. The molecular formula is C26H27FN4O5S. The van der Waals surface area contributed by atoms with Crippen molar-refractivity contribution in [3.8, 4) is 27.7 Å². The number of rotatable bonds is 9. The summed E-state index contributed by atoms with van der Waals surface area (Å²) < 4.78 is 24.3. The van der Waals surface area contributed by atoms with Crippen LogP contribution in [-0.4, -0.2) is 51.9 Å². The van der Waals surface area contributed by atoms with Gasteiger partial charge in [0.05, 0.1) is 5.56 Å². The number of ether oxygens (including phenoxy) is 1. The van der Waals surface area contributed by atoms with E-state index in [0.717, 1.165) is 41.9 Å². The normalized spacial score (nSPS) is 14.7. The molecule has 0 spiro atoms. The zero-order chi connectivity index (χ0) is 26.5. The first-order valence-corrected chi connectivity index (χ1v) is 12.8. The molecule has 0 radical (unpaired) electrons. The Kier molecular flexibility index (Phi) is 8.12. The summed E-state index contributed by atoms with van der Waals surface area (Å²) in [4.78, 5) is 42.2. The predicted molar refractivity (Wildman–Crippen MR) is 138 cm³/mol. The Morgan fingerprint density at radius 3 is 2.54 bits per heavy atom. The van der Waals surface area contributed by atoms with Crippen molar-refractivity contribution in [2.75, 3.05) is 18.0 Å². The molecule has 3 aromatic rings. The Morgan fingerprint density at radius 1 is 1.22 bits per heavy atom. The molecule has 4 rings (SSSR count). The predicted octanol–water partition coefficient (Wildman–Crippen LogP) is 5.01. The van der Waals surface area contributed by atoms with Crippen LogP contribution in [0.5, 0.6) is 5.75 Å². The second-order valence-electron chi connectivity index (χ2n) is 8.89. The smallest absolute Gasteiger partial charge is 0.413 e. The summed E-state index contributed by atoms with van der Waals surface area (Å²) in [6.45, 7) is 5.52. The van der Waals surface area contributed by atoms with Gasteiger partial charge < -0.3 is 20.1 Å². The molecule has 194 valence electrons. The van der Waals surface area contributed by atoms with Crippen LogP contribution in [0, 0.1) is 11.7 Å². The molecule has 1 aromatic heterocycles. The number of carboxylic acids is 1. The second kappa shape index (κ2) is 11.5. The van der Waals surface area contributed by atoms with Crippen molar-refractivity contribution in [2.24, 2.45) is 5.92 Å². The zero-order valence-electron chi connectivity index (χ0n) is 20.4. The molecule has 1 saturated heterocycles. The van der Waals surface area contributed by atoms with Gasteiger partial charge in [0.25, 0.3) is 0 Å². The first-order valence-electron chi connectivity index (χ1n) is 12.0. The Bertz CT molecular complexity index is 1290. The number of hydrogen-bond donors (Lipinski definition) is 2. The van der Waals surface area contributed by atoms with Crippen molar-refractivity contribution in [1.82, 2.24) is 14.7 Å². The minimum atomic E-state index is -1.24. The van der Waals surface area contributed by atoms with E-state index in [4.69, 9.17) is 4.74 Å². The fourth-order valence-electron chi connectivity index (χ4n) is 4.12. The number of carboxylic acid groups (broad SMARTS) is 1. The minimum Gasteiger partial charge on any atom is -0.480 e. The van der Waals surface area contributed by atoms with Gasteiger partial charge >= 0.3 is 12.1 Å². The molecule has 1 aliphatic rings. The van der Waals surface area contributed by atoms with Gasteiger partial charge in [-0.05, 0) is 66.7 Å². The summed E-state index contributed by atoms with van der Waals surface area (Å²) in [6.07, 6.45) is 2.06. The van der Waals surface area contributed by atoms with E-state index < -0.39 is 29.7 Å². The molecule has 2 atom stereocenters. The lowest BCUT2D eigenvalue weighted by Gasteiger charge is -2.20. The lowest BCUT2D eigenvalue weighted by atomic mass is 10.00. The molecule has 2 N–H and O–H groups in total. The van der Waals surface area contributed by atoms with Gasteiger partial charge in [0, 0.05) is 29.9 Å². The summed E-state index contributed by atoms with van der Waals surface area (Å²) in [5.41, 5.74) is 2.04. The molecule has 11 heteroatoms. The number of aldehydes is 1. The highest BCUT2D eigenvalue weighted by molar-refractivity contribution is 7.09. The highest BCUT2D eigenvalue weighted by Gasteiger charge is 2.27. The number of nitrogens with zero attached hydrogens (tertiary/aromatic N) is 3. The van der Waals surface area contributed by atoms with Crippen LogP contribution in [0.15, 0.2) is 36.4 Å². The van der Waals surface area contributed by atoms with E-state index in [1.165, 1.54) is 18.9 Å². The molecule has 0 unspecified atom stereocenters. The molecule has 0 bridgehead atoms. The first kappa shape index (κ1) is 26.2. The first-order chi connectivity index (χ1) is 17.8. The monoisotopic (exact) mass is 526 g/mol. The van der Waals surface area contributed by atoms with Crippen LogP contribution in [0.1, 0.15) is 43.5 Å². The van der Waals surface area contributed by atoms with E-state index in [1.54, 1.807) is 13.8 Å². The van der Waals surface area contributed by atoms with Gasteiger partial charge in [-0.1, -0.05) is 20.3 Å². The highest BCUT2D eigenvalue weighted by atomic mass is 32.1. The second-order valence-corrected chi connectivity index (χ2v) is 9.65. The maximum absolute atomic E-state index is 15.0. The maximum atomic E-state index is 15.0. The summed E-state index contributed by atoms with van der Waals surface area (Å²) in [6, 6.07) is 9.16. The average molecular weight is 527 g/mol. The number of carbonyl (C=O) groups excluding carboxylic acids is 2. The van der Waals surface area contributed by atoms with E-state index in [2.05, 4.69) is 19.6 Å². The average Bonchev–Trinajstić information content (AvgIpc) is 3.61. The number of amides is 1. The van der Waals surface area contributed by atoms with Gasteiger partial charge in [-0.25, -0.2) is 19.0 Å². The molecule has 0 saturated carbocycles. The standard InChI is InChI=1S/C26H27FN4O5S/c1-3-15(2)21(25(33)34)28-26(35)36-22-18(14-32)12-17(13-20(22)27)24-29-23(30-37-24)16-6-8-19(9-7-16)31-10-4-5-11-31/h6-9,12-15,21H,3-5,10-11H2,1-2H3,(H,28,35)(H,33,34)/t15-,21-/m0/s1. The molecule has 37 heavy (non-hydrogen) atoms. The number of aliphatic carboxylic acids is 1. The lowest BCUT2D eigenvalue weighted by molar-refractivity contribution is -0.140. The zero-order valence-corrected chi connectivity index (χ0v) is 21.3. The molecule has 2 heterocycles. The van der Waals surface area contributed by atoms with Crippen LogP contribution in [0.3, 0.4) is 0 Å². The van der Waals surface area contributed by atoms with Gasteiger partial charge in [-0.3, -0.25) is 4.79 Å². The Labute approximate surface area is 217 Å². The van der Waals surface area contributed by atoms with Crippen molar-refractivity contribution in [3.05, 3.63) is 47.8 Å². The van der Waals surface area contributed by atoms with Crippen LogP contribution in [0.4, 0.5) is 14.9 Å². The number of anilines is 1. The molecule has 1 amide bonds. The number of aromatic nitrogens is 2. The van der Waals surface area contributed by atoms with Gasteiger partial charge in [0.1, 0.15) is 11.0 Å². The molecule has 9 nitrogen and oxygen atoms in total. The third-order valence-corrected chi connectivity index (χ3v) is 7.18. The third kappa shape index (κ3) is 5.93. The molecule has 1 aliphatic heterocycles. The van der Waals surface area contributed by atoms with Crippen molar-refractivity contribution < 1.29 is 28.6 Å². The van der Waals surface area contributed by atoms with E-state index in [-0.39, 0.29) is 11.5 Å². The van der Waals surface area contributed by atoms with Crippen LogP contribution in [-0.2, 0) is 4.79 Å². The summed E-state index contributed by atoms with van der Waals surface area (Å²) in [5.74, 6) is -2.70. The van der Waals surface area contributed by atoms with Crippen LogP contribution < -0.4 is 15.0 Å². The van der Waals surface area contributed by atoms with Gasteiger partial charge in [-0.15, -0.1) is 0 Å². The van der Waals surface area contributed by atoms with E-state index in [0.29, 0.717) is 29.1 Å². The maximum Gasteiger partial charge on any atom is 0.413 e. The topological polar surface area (TPSA) is 122 Å². The summed E-state index contributed by atoms with van der Waals surface area (Å²) >= 11 is 1.05. The number of benzene rings is 2. The van der Waals surface area contributed by atoms with Gasteiger partial charge in [0.15, 0.2) is 23.7 Å². The Hall–Kier alpha value is -3.86. The van der Waals surface area contributed by atoms with E-state index >= 15 is 0 Å². The largest absolute Gasteiger partial charge is 0.480 e. The van der Waals surface area contributed by atoms with Crippen molar-refractivity contribution >= 4 is 35.6 Å². The summed E-state index contributed by atoms with van der Waals surface area (Å²) in [5, 5.41) is 11.9. The minimum absolute atomic E-state index is 0.215. The fourth-order valence-corrected chi connectivity index (χ4v) is 4.79. The highest BCUT2D eigenvalue weighted by Crippen LogP contribution is 2.32. The van der Waals surface area contributed by atoms with E-state index in [1.807, 2.05) is 24.3 Å². The lowest BCUT2D eigenvalue weighted by Crippen LogP contribution is -2.46. The Morgan fingerprint density at radius 2 is 1.92 bits per heavy atom. The number of carbonyl (C=O) groups is 3. The summed E-state index contributed by atoms with van der Waals surface area (Å²) in [7, 11) is 0. The molecule has 0 aliphatic carbocycles. The van der Waals surface area contributed by atoms with Crippen LogP contribution in [0.2, 0.25) is 0 Å². The van der Waals surface area contributed by atoms with Gasteiger partial charge in [-0.2, -0.15) is 4.37 Å². The Balaban J connectivity index is 1.52. The van der Waals surface area contributed by atoms with Crippen LogP contribution >= 0.6 is 11.5 Å². The van der Waals surface area contributed by atoms with Crippen molar-refractivity contribution in [3.63, 3.8) is 0 Å². The molecular weight excluding hydrogens is 499 g/mol. The van der Waals surface area contributed by atoms with E-state index in [9.17, 15) is 23.9 Å². The quantitative estimate of drug-likeness (QED) is 0.373.